The first-order chi connectivity index (χ1) is 14.9. The second-order valence-corrected chi connectivity index (χ2v) is 11.2. The van der Waals surface area contributed by atoms with Gasteiger partial charge in [-0.25, -0.2) is 13.4 Å². The number of carbonyl (C=O) groups excluding carboxylic acids is 1. The molecule has 1 N–H and O–H groups in total. The standard InChI is InChI=1S/C22H30N4O3S2/c1-17-8-3-6-13-26(17)31(28,29)20-10-7-9-18(14-20)21(27)24-22-23-19(16-30-22)15-25-11-4-2-5-12-25/h7,9-10,14,16-17H,2-6,8,11-13,15H2,1H3,(H,23,24,27). The van der Waals surface area contributed by atoms with Crippen molar-refractivity contribution < 1.29 is 13.2 Å². The lowest BCUT2D eigenvalue weighted by molar-refractivity contribution is 0.102. The Bertz CT molecular complexity index is 1020. The number of benzene rings is 1. The minimum absolute atomic E-state index is 0.0233. The summed E-state index contributed by atoms with van der Waals surface area (Å²) in [6.45, 7) is 5.45. The summed E-state index contributed by atoms with van der Waals surface area (Å²) in [5, 5.41) is 5.34. The van der Waals surface area contributed by atoms with Crippen molar-refractivity contribution in [3.63, 3.8) is 0 Å². The molecular formula is C22H30N4O3S2. The molecule has 7 nitrogen and oxygen atoms in total. The summed E-state index contributed by atoms with van der Waals surface area (Å²) in [6, 6.07) is 6.27. The summed E-state index contributed by atoms with van der Waals surface area (Å²) in [6.07, 6.45) is 6.52. The molecule has 168 valence electrons. The van der Waals surface area contributed by atoms with E-state index in [-0.39, 0.29) is 16.8 Å². The number of sulfonamides is 1. The number of aromatic nitrogens is 1. The fourth-order valence-electron chi connectivity index (χ4n) is 4.31. The van der Waals surface area contributed by atoms with Gasteiger partial charge in [-0.1, -0.05) is 18.9 Å². The lowest BCUT2D eigenvalue weighted by Crippen LogP contribution is -2.41. The van der Waals surface area contributed by atoms with Gasteiger partial charge in [-0.2, -0.15) is 4.31 Å². The first-order valence-electron chi connectivity index (χ1n) is 11.0. The Balaban J connectivity index is 1.44. The van der Waals surface area contributed by atoms with E-state index < -0.39 is 10.0 Å². The highest BCUT2D eigenvalue weighted by Gasteiger charge is 2.31. The van der Waals surface area contributed by atoms with E-state index in [9.17, 15) is 13.2 Å². The van der Waals surface area contributed by atoms with Gasteiger partial charge in [0.25, 0.3) is 5.91 Å². The SMILES string of the molecule is CC1CCCCN1S(=O)(=O)c1cccc(C(=O)Nc2nc(CN3CCCCC3)cs2)c1. The first kappa shape index (κ1) is 22.4. The molecule has 31 heavy (non-hydrogen) atoms. The average Bonchev–Trinajstić information content (AvgIpc) is 3.21. The van der Waals surface area contributed by atoms with Gasteiger partial charge in [-0.15, -0.1) is 11.3 Å². The van der Waals surface area contributed by atoms with Gasteiger partial charge in [0.05, 0.1) is 10.6 Å². The largest absolute Gasteiger partial charge is 0.298 e. The van der Waals surface area contributed by atoms with Crippen LogP contribution in [0.1, 0.15) is 61.5 Å². The Labute approximate surface area is 188 Å². The van der Waals surface area contributed by atoms with E-state index in [2.05, 4.69) is 15.2 Å². The second kappa shape index (κ2) is 9.77. The van der Waals surface area contributed by atoms with E-state index >= 15 is 0 Å². The molecule has 3 heterocycles. The topological polar surface area (TPSA) is 82.6 Å². The summed E-state index contributed by atoms with van der Waals surface area (Å²) in [7, 11) is -3.62. The van der Waals surface area contributed by atoms with Crippen LogP contribution in [0.2, 0.25) is 0 Å². The zero-order valence-corrected chi connectivity index (χ0v) is 19.6. The molecule has 1 unspecified atom stereocenters. The predicted octanol–water partition coefficient (Wildman–Crippen LogP) is 3.94. The predicted molar refractivity (Wildman–Crippen MR) is 123 cm³/mol. The summed E-state index contributed by atoms with van der Waals surface area (Å²) >= 11 is 1.40. The monoisotopic (exact) mass is 462 g/mol. The van der Waals surface area contributed by atoms with Crippen molar-refractivity contribution in [1.82, 2.24) is 14.2 Å². The Kier molecular flexibility index (Phi) is 7.05. The maximum Gasteiger partial charge on any atom is 0.257 e. The Morgan fingerprint density at radius 3 is 2.71 bits per heavy atom. The van der Waals surface area contributed by atoms with Crippen molar-refractivity contribution in [1.29, 1.82) is 0 Å². The fraction of sp³-hybridized carbons (Fsp3) is 0.545. The summed E-state index contributed by atoms with van der Waals surface area (Å²) in [4.78, 5) is 19.9. The smallest absolute Gasteiger partial charge is 0.257 e. The number of carbonyl (C=O) groups is 1. The number of anilines is 1. The van der Waals surface area contributed by atoms with Crippen LogP contribution < -0.4 is 5.32 Å². The normalized spacial score (nSPS) is 21.1. The van der Waals surface area contributed by atoms with Crippen LogP contribution in [0, 0.1) is 0 Å². The van der Waals surface area contributed by atoms with Crippen LogP contribution in [0.15, 0.2) is 34.5 Å². The third-order valence-electron chi connectivity index (χ3n) is 6.05. The molecule has 0 radical (unpaired) electrons. The maximum absolute atomic E-state index is 13.1. The molecule has 4 rings (SSSR count). The quantitative estimate of drug-likeness (QED) is 0.703. The number of rotatable bonds is 6. The van der Waals surface area contributed by atoms with Gasteiger partial charge in [0.2, 0.25) is 10.0 Å². The molecule has 1 amide bonds. The molecule has 1 atom stereocenters. The van der Waals surface area contributed by atoms with Crippen molar-refractivity contribution in [3.05, 3.63) is 40.9 Å². The summed E-state index contributed by atoms with van der Waals surface area (Å²) < 4.78 is 27.8. The van der Waals surface area contributed by atoms with E-state index in [1.54, 1.807) is 22.5 Å². The third-order valence-corrected chi connectivity index (χ3v) is 8.87. The van der Waals surface area contributed by atoms with E-state index in [0.717, 1.165) is 44.6 Å². The average molecular weight is 463 g/mol. The molecule has 0 spiro atoms. The van der Waals surface area contributed by atoms with Crippen LogP contribution in [0.3, 0.4) is 0 Å². The van der Waals surface area contributed by atoms with Gasteiger partial charge in [0.15, 0.2) is 5.13 Å². The Morgan fingerprint density at radius 2 is 1.94 bits per heavy atom. The number of piperidine rings is 2. The van der Waals surface area contributed by atoms with Crippen molar-refractivity contribution in [3.8, 4) is 0 Å². The minimum atomic E-state index is -3.62. The zero-order chi connectivity index (χ0) is 21.8. The summed E-state index contributed by atoms with van der Waals surface area (Å²) in [5.41, 5.74) is 1.27. The molecular weight excluding hydrogens is 432 g/mol. The number of nitrogens with one attached hydrogen (secondary N) is 1. The molecule has 0 bridgehead atoms. The molecule has 2 aliphatic heterocycles. The number of hydrogen-bond acceptors (Lipinski definition) is 6. The van der Waals surface area contributed by atoms with Gasteiger partial charge in [0, 0.05) is 30.1 Å². The van der Waals surface area contributed by atoms with Crippen LogP contribution in [0.25, 0.3) is 0 Å². The lowest BCUT2D eigenvalue weighted by atomic mass is 10.1. The maximum atomic E-state index is 13.1. The van der Waals surface area contributed by atoms with Crippen LogP contribution in [0.5, 0.6) is 0 Å². The van der Waals surface area contributed by atoms with E-state index in [1.165, 1.54) is 36.7 Å². The number of hydrogen-bond donors (Lipinski definition) is 1. The highest BCUT2D eigenvalue weighted by atomic mass is 32.2. The molecule has 9 heteroatoms. The molecule has 0 saturated carbocycles. The number of thiazole rings is 1. The van der Waals surface area contributed by atoms with Crippen LogP contribution in [0.4, 0.5) is 5.13 Å². The zero-order valence-electron chi connectivity index (χ0n) is 17.9. The number of amides is 1. The molecule has 2 saturated heterocycles. The molecule has 2 aliphatic rings. The van der Waals surface area contributed by atoms with Gasteiger partial charge in [0.1, 0.15) is 0 Å². The molecule has 2 fully saturated rings. The van der Waals surface area contributed by atoms with Gasteiger partial charge in [-0.3, -0.25) is 15.0 Å². The van der Waals surface area contributed by atoms with E-state index in [4.69, 9.17) is 0 Å². The third kappa shape index (κ3) is 5.34. The lowest BCUT2D eigenvalue weighted by Gasteiger charge is -2.32. The highest BCUT2D eigenvalue weighted by Crippen LogP contribution is 2.26. The minimum Gasteiger partial charge on any atom is -0.298 e. The molecule has 2 aromatic rings. The second-order valence-electron chi connectivity index (χ2n) is 8.42. The van der Waals surface area contributed by atoms with Crippen molar-refractivity contribution >= 4 is 32.4 Å². The van der Waals surface area contributed by atoms with Crippen LogP contribution in [-0.2, 0) is 16.6 Å². The van der Waals surface area contributed by atoms with Gasteiger partial charge < -0.3 is 0 Å². The first-order valence-corrected chi connectivity index (χ1v) is 13.4. The number of likely N-dealkylation sites (tertiary alicyclic amines) is 1. The van der Waals surface area contributed by atoms with E-state index in [1.807, 2.05) is 12.3 Å². The molecule has 1 aromatic carbocycles. The van der Waals surface area contributed by atoms with Crippen molar-refractivity contribution in [2.75, 3.05) is 25.0 Å². The van der Waals surface area contributed by atoms with Crippen LogP contribution >= 0.6 is 11.3 Å². The molecule has 0 aliphatic carbocycles. The van der Waals surface area contributed by atoms with Gasteiger partial charge in [-0.05, 0) is 63.9 Å². The fourth-order valence-corrected chi connectivity index (χ4v) is 6.76. The van der Waals surface area contributed by atoms with Crippen molar-refractivity contribution in [2.24, 2.45) is 0 Å². The number of nitrogens with zero attached hydrogens (tertiary/aromatic N) is 3. The van der Waals surface area contributed by atoms with E-state index in [0.29, 0.717) is 17.2 Å². The molecule has 1 aromatic heterocycles. The summed E-state index contributed by atoms with van der Waals surface area (Å²) in [5.74, 6) is -0.345. The van der Waals surface area contributed by atoms with Gasteiger partial charge >= 0.3 is 0 Å². The highest BCUT2D eigenvalue weighted by molar-refractivity contribution is 7.89. The Hall–Kier alpha value is -1.81. The van der Waals surface area contributed by atoms with Crippen LogP contribution in [-0.4, -0.2) is 54.2 Å². The van der Waals surface area contributed by atoms with Crippen molar-refractivity contribution in [2.45, 2.75) is 62.9 Å². The Morgan fingerprint density at radius 1 is 1.16 bits per heavy atom.